The van der Waals surface area contributed by atoms with Crippen molar-refractivity contribution < 1.29 is 14.5 Å². The van der Waals surface area contributed by atoms with Crippen molar-refractivity contribution in [3.63, 3.8) is 0 Å². The number of non-ortho nitro benzene ring substituents is 1. The number of likely N-dealkylation sites (N-methyl/N-ethyl adjacent to an activating group) is 1. The normalized spacial score (nSPS) is 17.9. The first kappa shape index (κ1) is 23.1. The minimum Gasteiger partial charge on any atom is -0.359 e. The molecule has 9 heteroatoms. The molecule has 3 rings (SSSR count). The minimum absolute atomic E-state index is 0.0684. The Bertz CT molecular complexity index is 1130. The van der Waals surface area contributed by atoms with Crippen molar-refractivity contribution in [2.45, 2.75) is 17.7 Å². The van der Waals surface area contributed by atoms with E-state index in [2.05, 4.69) is 28.6 Å². The smallest absolute Gasteiger partial charge is 0.269 e. The standard InChI is InChI=1S/C23H24N4O4S/c1-13-12-17(26-16-6-4-5-7-18(16)32)21(23(29)25-3)20(19(13)22(28)24-2)14-8-10-15(11-9-14)27(30)31/h4-12,20-21,26,32H,1-3H3,(H,24,28)(H,25,29). The van der Waals surface area contributed by atoms with E-state index in [-0.39, 0.29) is 17.5 Å². The van der Waals surface area contributed by atoms with Crippen molar-refractivity contribution >= 4 is 35.8 Å². The van der Waals surface area contributed by atoms with Gasteiger partial charge in [0.25, 0.3) is 5.69 Å². The zero-order chi connectivity index (χ0) is 23.4. The predicted molar refractivity (Wildman–Crippen MR) is 126 cm³/mol. The van der Waals surface area contributed by atoms with Crippen molar-refractivity contribution in [3.05, 3.63) is 87.1 Å². The van der Waals surface area contributed by atoms with Gasteiger partial charge in [-0.25, -0.2) is 0 Å². The summed E-state index contributed by atoms with van der Waals surface area (Å²) in [5, 5.41) is 19.7. The number of nitrogens with zero attached hydrogens (tertiary/aromatic N) is 1. The molecule has 0 aliphatic heterocycles. The van der Waals surface area contributed by atoms with Gasteiger partial charge >= 0.3 is 0 Å². The van der Waals surface area contributed by atoms with Crippen LogP contribution in [0.3, 0.4) is 0 Å². The molecule has 2 amide bonds. The minimum atomic E-state index is -0.773. The Hall–Kier alpha value is -3.59. The average molecular weight is 453 g/mol. The number of hydrogen-bond acceptors (Lipinski definition) is 6. The average Bonchev–Trinajstić information content (AvgIpc) is 2.79. The summed E-state index contributed by atoms with van der Waals surface area (Å²) in [5.74, 6) is -2.04. The molecular weight excluding hydrogens is 428 g/mol. The summed E-state index contributed by atoms with van der Waals surface area (Å²) in [7, 11) is 3.06. The van der Waals surface area contributed by atoms with E-state index in [9.17, 15) is 19.7 Å². The van der Waals surface area contributed by atoms with Gasteiger partial charge in [-0.2, -0.15) is 0 Å². The Balaban J connectivity index is 2.19. The molecule has 0 aromatic heterocycles. The summed E-state index contributed by atoms with van der Waals surface area (Å²) in [6, 6.07) is 13.3. The largest absolute Gasteiger partial charge is 0.359 e. The number of nitrogens with one attached hydrogen (secondary N) is 3. The highest BCUT2D eigenvalue weighted by Gasteiger charge is 2.41. The molecule has 0 bridgehead atoms. The van der Waals surface area contributed by atoms with Crippen LogP contribution in [0.1, 0.15) is 18.4 Å². The molecule has 0 heterocycles. The van der Waals surface area contributed by atoms with Crippen LogP contribution in [0.25, 0.3) is 0 Å². The predicted octanol–water partition coefficient (Wildman–Crippen LogP) is 3.40. The third-order valence-electron chi connectivity index (χ3n) is 5.42. The first-order chi connectivity index (χ1) is 15.3. The van der Waals surface area contributed by atoms with Crippen LogP contribution in [0.2, 0.25) is 0 Å². The molecule has 166 valence electrons. The zero-order valence-electron chi connectivity index (χ0n) is 17.9. The molecule has 0 fully saturated rings. The Morgan fingerprint density at radius 3 is 2.25 bits per heavy atom. The summed E-state index contributed by atoms with van der Waals surface area (Å²) >= 11 is 4.48. The zero-order valence-corrected chi connectivity index (χ0v) is 18.8. The van der Waals surface area contributed by atoms with Crippen LogP contribution in [0.15, 0.2) is 76.3 Å². The van der Waals surface area contributed by atoms with Crippen LogP contribution in [-0.2, 0) is 9.59 Å². The van der Waals surface area contributed by atoms with Crippen molar-refractivity contribution in [2.75, 3.05) is 19.4 Å². The lowest BCUT2D eigenvalue weighted by atomic mass is 9.72. The fourth-order valence-electron chi connectivity index (χ4n) is 3.91. The number of nitro benzene ring substituents is 1. The van der Waals surface area contributed by atoms with Crippen molar-refractivity contribution in [2.24, 2.45) is 5.92 Å². The van der Waals surface area contributed by atoms with Crippen LogP contribution >= 0.6 is 12.6 Å². The number of rotatable bonds is 6. The molecule has 0 saturated carbocycles. The van der Waals surface area contributed by atoms with Crippen LogP contribution in [0, 0.1) is 16.0 Å². The summed E-state index contributed by atoms with van der Waals surface area (Å²) in [6.07, 6.45) is 1.78. The van der Waals surface area contributed by atoms with Gasteiger partial charge in [-0.05, 0) is 36.3 Å². The molecule has 0 radical (unpaired) electrons. The van der Waals surface area contributed by atoms with Gasteiger partial charge in [-0.3, -0.25) is 19.7 Å². The lowest BCUT2D eigenvalue weighted by molar-refractivity contribution is -0.384. The van der Waals surface area contributed by atoms with Gasteiger partial charge in [-0.15, -0.1) is 12.6 Å². The SMILES string of the molecule is CNC(=O)C1=C(C)C=C(Nc2ccccc2S)C(C(=O)NC)C1c1ccc([N+](=O)[O-])cc1. The van der Waals surface area contributed by atoms with Crippen LogP contribution in [0.4, 0.5) is 11.4 Å². The quantitative estimate of drug-likeness (QED) is 0.305. The van der Waals surface area contributed by atoms with E-state index in [1.807, 2.05) is 24.3 Å². The highest BCUT2D eigenvalue weighted by molar-refractivity contribution is 7.80. The van der Waals surface area contributed by atoms with Gasteiger partial charge in [0.15, 0.2) is 0 Å². The Morgan fingerprint density at radius 2 is 1.69 bits per heavy atom. The van der Waals surface area contributed by atoms with Crippen molar-refractivity contribution in [1.82, 2.24) is 10.6 Å². The second-order valence-electron chi connectivity index (χ2n) is 7.34. The third kappa shape index (κ3) is 4.52. The van der Waals surface area contributed by atoms with Crippen LogP contribution in [-0.4, -0.2) is 30.8 Å². The molecule has 1 aliphatic carbocycles. The fourth-order valence-corrected chi connectivity index (χ4v) is 4.12. The third-order valence-corrected chi connectivity index (χ3v) is 5.81. The highest BCUT2D eigenvalue weighted by atomic mass is 32.1. The molecule has 0 saturated heterocycles. The topological polar surface area (TPSA) is 113 Å². The number of anilines is 1. The molecule has 32 heavy (non-hydrogen) atoms. The number of nitro groups is 1. The molecule has 0 spiro atoms. The van der Waals surface area contributed by atoms with Crippen LogP contribution < -0.4 is 16.0 Å². The number of carbonyl (C=O) groups excluding carboxylic acids is 2. The molecule has 3 N–H and O–H groups in total. The number of amides is 2. The number of allylic oxidation sites excluding steroid dienone is 2. The Kier molecular flexibility index (Phi) is 6.99. The lowest BCUT2D eigenvalue weighted by Gasteiger charge is -2.34. The Labute approximate surface area is 191 Å². The number of hydrogen-bond donors (Lipinski definition) is 4. The molecule has 2 atom stereocenters. The first-order valence-electron chi connectivity index (χ1n) is 9.93. The first-order valence-corrected chi connectivity index (χ1v) is 10.4. The summed E-state index contributed by atoms with van der Waals surface area (Å²) in [6.45, 7) is 1.80. The second-order valence-corrected chi connectivity index (χ2v) is 7.82. The summed E-state index contributed by atoms with van der Waals surface area (Å²) in [5.41, 5.74) is 2.98. The van der Waals surface area contributed by atoms with Gasteiger partial charge in [0.05, 0.1) is 16.5 Å². The van der Waals surface area contributed by atoms with Crippen molar-refractivity contribution in [3.8, 4) is 0 Å². The molecule has 1 aliphatic rings. The van der Waals surface area contributed by atoms with Gasteiger partial charge in [0.1, 0.15) is 0 Å². The fraction of sp³-hybridized carbons (Fsp3) is 0.217. The van der Waals surface area contributed by atoms with Crippen LogP contribution in [0.5, 0.6) is 0 Å². The van der Waals surface area contributed by atoms with E-state index in [1.165, 1.54) is 26.2 Å². The van der Waals surface area contributed by atoms with Gasteiger partial charge in [-0.1, -0.05) is 24.3 Å². The highest BCUT2D eigenvalue weighted by Crippen LogP contribution is 2.43. The molecule has 2 unspecified atom stereocenters. The monoisotopic (exact) mass is 452 g/mol. The van der Waals surface area contributed by atoms with E-state index < -0.39 is 16.8 Å². The van der Waals surface area contributed by atoms with Gasteiger partial charge in [0, 0.05) is 48.3 Å². The van der Waals surface area contributed by atoms with E-state index >= 15 is 0 Å². The number of thiol groups is 1. The maximum Gasteiger partial charge on any atom is 0.269 e. The van der Waals surface area contributed by atoms with E-state index in [1.54, 1.807) is 25.1 Å². The second kappa shape index (κ2) is 9.69. The summed E-state index contributed by atoms with van der Waals surface area (Å²) < 4.78 is 0. The number of para-hydroxylation sites is 1. The number of benzene rings is 2. The van der Waals surface area contributed by atoms with E-state index in [0.29, 0.717) is 27.3 Å². The molecule has 2 aromatic rings. The molecular formula is C23H24N4O4S. The van der Waals surface area contributed by atoms with E-state index in [0.717, 1.165) is 5.69 Å². The molecule has 8 nitrogen and oxygen atoms in total. The molecule has 2 aromatic carbocycles. The van der Waals surface area contributed by atoms with E-state index in [4.69, 9.17) is 0 Å². The van der Waals surface area contributed by atoms with Crippen molar-refractivity contribution in [1.29, 1.82) is 0 Å². The number of carbonyl (C=O) groups is 2. The maximum atomic E-state index is 13.1. The lowest BCUT2D eigenvalue weighted by Crippen LogP contribution is -2.40. The summed E-state index contributed by atoms with van der Waals surface area (Å²) in [4.78, 5) is 37.3. The Morgan fingerprint density at radius 1 is 1.03 bits per heavy atom. The van der Waals surface area contributed by atoms with Gasteiger partial charge < -0.3 is 16.0 Å². The maximum absolute atomic E-state index is 13.1. The van der Waals surface area contributed by atoms with Gasteiger partial charge in [0.2, 0.25) is 11.8 Å².